The summed E-state index contributed by atoms with van der Waals surface area (Å²) in [4.78, 5) is 24.9. The number of carbonyl (C=O) groups is 2. The van der Waals surface area contributed by atoms with Crippen LogP contribution in [0.15, 0.2) is 12.3 Å². The maximum absolute atomic E-state index is 12.4. The number of aromatic nitrogens is 2. The van der Waals surface area contributed by atoms with Gasteiger partial charge in [0.15, 0.2) is 0 Å². The Morgan fingerprint density at radius 3 is 2.75 bits per heavy atom. The van der Waals surface area contributed by atoms with E-state index in [1.165, 1.54) is 4.90 Å². The first kappa shape index (κ1) is 14.6. The van der Waals surface area contributed by atoms with Crippen molar-refractivity contribution in [3.05, 3.63) is 18.0 Å². The molecule has 0 unspecified atom stereocenters. The Morgan fingerprint density at radius 2 is 2.15 bits per heavy atom. The fourth-order valence-electron chi connectivity index (χ4n) is 2.73. The third-order valence-electron chi connectivity index (χ3n) is 3.94. The third-order valence-corrected chi connectivity index (χ3v) is 3.94. The van der Waals surface area contributed by atoms with Gasteiger partial charge in [0.2, 0.25) is 0 Å². The van der Waals surface area contributed by atoms with Crippen LogP contribution in [0.4, 0.5) is 0 Å². The highest BCUT2D eigenvalue weighted by molar-refractivity contribution is 5.95. The molecule has 1 N–H and O–H groups in total. The first-order valence-corrected chi connectivity index (χ1v) is 7.17. The average Bonchev–Trinajstić information content (AvgIpc) is 3.08. The number of hydrogen-bond donors (Lipinski definition) is 1. The molecule has 1 aromatic rings. The summed E-state index contributed by atoms with van der Waals surface area (Å²) in [7, 11) is 0. The van der Waals surface area contributed by atoms with Gasteiger partial charge in [-0.05, 0) is 31.7 Å². The highest BCUT2D eigenvalue weighted by Gasteiger charge is 2.35. The fourth-order valence-corrected chi connectivity index (χ4v) is 2.73. The first-order chi connectivity index (χ1) is 9.58. The molecule has 1 saturated heterocycles. The van der Waals surface area contributed by atoms with Crippen molar-refractivity contribution in [3.63, 3.8) is 0 Å². The van der Waals surface area contributed by atoms with Crippen LogP contribution >= 0.6 is 0 Å². The summed E-state index contributed by atoms with van der Waals surface area (Å²) in [6.07, 6.45) is 4.96. The van der Waals surface area contributed by atoms with Gasteiger partial charge in [0, 0.05) is 12.7 Å². The number of carboxylic acids is 1. The Hall–Kier alpha value is -1.85. The Bertz CT molecular complexity index is 494. The molecule has 110 valence electrons. The SMILES string of the molecule is CCC(CC)n1ccc(C(=O)N2CCC[C@H]2C(=O)O)n1. The van der Waals surface area contributed by atoms with Gasteiger partial charge in [0.1, 0.15) is 11.7 Å². The predicted octanol–water partition coefficient (Wildman–Crippen LogP) is 1.93. The highest BCUT2D eigenvalue weighted by Crippen LogP contribution is 2.21. The van der Waals surface area contributed by atoms with Crippen molar-refractivity contribution in [1.29, 1.82) is 0 Å². The number of likely N-dealkylation sites (tertiary alicyclic amines) is 1. The van der Waals surface area contributed by atoms with E-state index in [9.17, 15) is 9.59 Å². The second kappa shape index (κ2) is 6.07. The molecule has 0 saturated carbocycles. The Morgan fingerprint density at radius 1 is 1.45 bits per heavy atom. The standard InChI is InChI=1S/C14H21N3O3/c1-3-10(4-2)17-9-7-11(15-17)13(18)16-8-5-6-12(16)14(19)20/h7,9-10,12H,3-6,8H2,1-2H3,(H,19,20)/t12-/m0/s1. The number of amides is 1. The minimum absolute atomic E-state index is 0.278. The van der Waals surface area contributed by atoms with Gasteiger partial charge in [-0.2, -0.15) is 5.10 Å². The van der Waals surface area contributed by atoms with Gasteiger partial charge in [-0.25, -0.2) is 4.79 Å². The van der Waals surface area contributed by atoms with Crippen LogP contribution in [-0.2, 0) is 4.79 Å². The van der Waals surface area contributed by atoms with E-state index < -0.39 is 12.0 Å². The third kappa shape index (κ3) is 2.69. The van der Waals surface area contributed by atoms with Crippen molar-refractivity contribution in [2.45, 2.75) is 51.6 Å². The molecule has 2 rings (SSSR count). The summed E-state index contributed by atoms with van der Waals surface area (Å²) in [6, 6.07) is 1.25. The smallest absolute Gasteiger partial charge is 0.326 e. The van der Waals surface area contributed by atoms with E-state index in [0.717, 1.165) is 19.3 Å². The minimum atomic E-state index is -0.935. The second-order valence-electron chi connectivity index (χ2n) is 5.15. The summed E-state index contributed by atoms with van der Waals surface area (Å²) in [5.74, 6) is -1.21. The summed E-state index contributed by atoms with van der Waals surface area (Å²) in [5.41, 5.74) is 0.338. The van der Waals surface area contributed by atoms with Crippen LogP contribution in [0.1, 0.15) is 56.1 Å². The van der Waals surface area contributed by atoms with Crippen molar-refractivity contribution in [3.8, 4) is 0 Å². The maximum Gasteiger partial charge on any atom is 0.326 e. The van der Waals surface area contributed by atoms with Crippen molar-refractivity contribution < 1.29 is 14.7 Å². The molecule has 0 bridgehead atoms. The topological polar surface area (TPSA) is 75.4 Å². The van der Waals surface area contributed by atoms with Gasteiger partial charge in [-0.15, -0.1) is 0 Å². The highest BCUT2D eigenvalue weighted by atomic mass is 16.4. The van der Waals surface area contributed by atoms with Gasteiger partial charge in [0.25, 0.3) is 5.91 Å². The zero-order valence-electron chi connectivity index (χ0n) is 12.0. The van der Waals surface area contributed by atoms with Crippen molar-refractivity contribution in [2.75, 3.05) is 6.54 Å². The molecule has 0 aromatic carbocycles. The Kier molecular flexibility index (Phi) is 4.42. The van der Waals surface area contributed by atoms with Crippen molar-refractivity contribution >= 4 is 11.9 Å². The largest absolute Gasteiger partial charge is 0.480 e. The molecule has 1 aliphatic rings. The molecule has 0 aliphatic carbocycles. The quantitative estimate of drug-likeness (QED) is 0.893. The summed E-state index contributed by atoms with van der Waals surface area (Å²) in [6.45, 7) is 4.66. The molecule has 6 nitrogen and oxygen atoms in total. The summed E-state index contributed by atoms with van der Waals surface area (Å²) < 4.78 is 1.80. The summed E-state index contributed by atoms with van der Waals surface area (Å²) in [5, 5.41) is 13.5. The van der Waals surface area contributed by atoms with E-state index in [4.69, 9.17) is 5.11 Å². The fraction of sp³-hybridized carbons (Fsp3) is 0.643. The van der Waals surface area contributed by atoms with Crippen LogP contribution in [-0.4, -0.2) is 44.3 Å². The lowest BCUT2D eigenvalue weighted by molar-refractivity contribution is -0.141. The zero-order chi connectivity index (χ0) is 14.7. The molecule has 1 amide bonds. The molecule has 1 fully saturated rings. The van der Waals surface area contributed by atoms with E-state index in [2.05, 4.69) is 18.9 Å². The number of carboxylic acid groups (broad SMARTS) is 1. The van der Waals surface area contributed by atoms with Crippen LogP contribution in [0.2, 0.25) is 0 Å². The molecule has 1 atom stereocenters. The molecular formula is C14H21N3O3. The molecule has 6 heteroatoms. The molecule has 1 aromatic heterocycles. The number of nitrogens with zero attached hydrogens (tertiary/aromatic N) is 3. The Balaban J connectivity index is 2.15. The Labute approximate surface area is 118 Å². The van der Waals surface area contributed by atoms with Gasteiger partial charge >= 0.3 is 5.97 Å². The maximum atomic E-state index is 12.4. The van der Waals surface area contributed by atoms with Gasteiger partial charge in [0.05, 0.1) is 6.04 Å². The van der Waals surface area contributed by atoms with E-state index in [0.29, 0.717) is 18.7 Å². The van der Waals surface area contributed by atoms with Crippen LogP contribution in [0, 0.1) is 0 Å². The van der Waals surface area contributed by atoms with Crippen LogP contribution in [0.25, 0.3) is 0 Å². The number of carbonyl (C=O) groups excluding carboxylic acids is 1. The lowest BCUT2D eigenvalue weighted by Crippen LogP contribution is -2.40. The zero-order valence-corrected chi connectivity index (χ0v) is 12.0. The number of rotatable bonds is 5. The molecule has 2 heterocycles. The lowest BCUT2D eigenvalue weighted by Gasteiger charge is -2.20. The van der Waals surface area contributed by atoms with Crippen LogP contribution in [0.3, 0.4) is 0 Å². The molecule has 0 radical (unpaired) electrons. The van der Waals surface area contributed by atoms with E-state index >= 15 is 0 Å². The number of aliphatic carboxylic acids is 1. The van der Waals surface area contributed by atoms with E-state index in [-0.39, 0.29) is 11.9 Å². The van der Waals surface area contributed by atoms with Crippen LogP contribution < -0.4 is 0 Å². The van der Waals surface area contributed by atoms with Gasteiger partial charge < -0.3 is 10.0 Å². The summed E-state index contributed by atoms with van der Waals surface area (Å²) >= 11 is 0. The van der Waals surface area contributed by atoms with Crippen molar-refractivity contribution in [2.24, 2.45) is 0 Å². The lowest BCUT2D eigenvalue weighted by atomic mass is 10.2. The molecule has 1 aliphatic heterocycles. The van der Waals surface area contributed by atoms with E-state index in [1.807, 2.05) is 0 Å². The second-order valence-corrected chi connectivity index (χ2v) is 5.15. The normalized spacial score (nSPS) is 18.8. The minimum Gasteiger partial charge on any atom is -0.480 e. The average molecular weight is 279 g/mol. The monoisotopic (exact) mass is 279 g/mol. The van der Waals surface area contributed by atoms with Gasteiger partial charge in [-0.3, -0.25) is 9.48 Å². The number of hydrogen-bond acceptors (Lipinski definition) is 3. The molecular weight excluding hydrogens is 258 g/mol. The van der Waals surface area contributed by atoms with Crippen molar-refractivity contribution in [1.82, 2.24) is 14.7 Å². The van der Waals surface area contributed by atoms with Crippen LogP contribution in [0.5, 0.6) is 0 Å². The predicted molar refractivity (Wildman–Crippen MR) is 73.5 cm³/mol. The first-order valence-electron chi connectivity index (χ1n) is 7.17. The molecule has 20 heavy (non-hydrogen) atoms. The molecule has 0 spiro atoms. The van der Waals surface area contributed by atoms with Gasteiger partial charge in [-0.1, -0.05) is 13.8 Å². The van der Waals surface area contributed by atoms with E-state index in [1.54, 1.807) is 16.9 Å².